The molecule has 0 spiro atoms. The molecule has 2 aromatic carbocycles. The third kappa shape index (κ3) is 6.06. The molecular formula is C28H28F3N3O2Se. The minimum atomic E-state index is -4.39. The number of likely N-dealkylation sites (N-methyl/N-ethyl adjacent to an activating group) is 1. The number of carbonyl (C=O) groups excluding carboxylic acids is 2. The quantitative estimate of drug-likeness (QED) is 0.284. The van der Waals surface area contributed by atoms with Gasteiger partial charge in [0.1, 0.15) is 0 Å². The summed E-state index contributed by atoms with van der Waals surface area (Å²) in [6.07, 6.45) is -2.56. The molecule has 0 bridgehead atoms. The molecule has 4 rings (SSSR count). The van der Waals surface area contributed by atoms with Gasteiger partial charge in [-0.05, 0) is 0 Å². The minimum absolute atomic E-state index is 0.0677. The first kappa shape index (κ1) is 26.9. The van der Waals surface area contributed by atoms with Gasteiger partial charge in [-0.1, -0.05) is 0 Å². The van der Waals surface area contributed by atoms with E-state index in [1.54, 1.807) is 18.2 Å². The molecule has 1 aliphatic rings. The van der Waals surface area contributed by atoms with Gasteiger partial charge in [0, 0.05) is 0 Å². The summed E-state index contributed by atoms with van der Waals surface area (Å²) in [4.78, 5) is 27.7. The van der Waals surface area contributed by atoms with Gasteiger partial charge < -0.3 is 0 Å². The predicted octanol–water partition coefficient (Wildman–Crippen LogP) is 5.30. The number of hydrogen-bond acceptors (Lipinski definition) is 3. The molecule has 0 saturated carbocycles. The van der Waals surface area contributed by atoms with Crippen molar-refractivity contribution in [1.29, 1.82) is 0 Å². The van der Waals surface area contributed by atoms with Gasteiger partial charge in [0.25, 0.3) is 0 Å². The fourth-order valence-corrected chi connectivity index (χ4v) is 6.31. The Morgan fingerprint density at radius 3 is 2.38 bits per heavy atom. The van der Waals surface area contributed by atoms with Crippen molar-refractivity contribution in [3.8, 4) is 11.1 Å². The Balaban J connectivity index is 1.52. The SMILES string of the molecule is CCN(CC)CCNC(=O)c1cc(/C=C2\C(=O)Nc3cc(-c4ccc(C(F)(F)F)cc4)ccc32)[se]c1C. The van der Waals surface area contributed by atoms with Gasteiger partial charge in [-0.15, -0.1) is 0 Å². The Hall–Kier alpha value is -3.13. The second-order valence-corrected chi connectivity index (χ2v) is 11.5. The normalized spacial score (nSPS) is 14.2. The van der Waals surface area contributed by atoms with Crippen LogP contribution in [0.25, 0.3) is 22.8 Å². The van der Waals surface area contributed by atoms with Crippen molar-refractivity contribution >= 4 is 43.7 Å². The van der Waals surface area contributed by atoms with Crippen LogP contribution >= 0.6 is 0 Å². The first-order valence-electron chi connectivity index (χ1n) is 12.1. The molecule has 37 heavy (non-hydrogen) atoms. The number of halogens is 3. The van der Waals surface area contributed by atoms with Gasteiger partial charge in [0.2, 0.25) is 0 Å². The number of hydrogen-bond donors (Lipinski definition) is 2. The maximum atomic E-state index is 12.9. The summed E-state index contributed by atoms with van der Waals surface area (Å²) in [7, 11) is 0. The Kier molecular flexibility index (Phi) is 8.07. The Morgan fingerprint density at radius 1 is 1.05 bits per heavy atom. The summed E-state index contributed by atoms with van der Waals surface area (Å²) >= 11 is -0.0677. The summed E-state index contributed by atoms with van der Waals surface area (Å²) in [5.74, 6) is -0.344. The molecule has 2 amide bonds. The van der Waals surface area contributed by atoms with Crippen molar-refractivity contribution in [2.24, 2.45) is 0 Å². The van der Waals surface area contributed by atoms with Crippen LogP contribution in [-0.4, -0.2) is 57.4 Å². The zero-order valence-corrected chi connectivity index (χ0v) is 22.5. The molecule has 9 heteroatoms. The van der Waals surface area contributed by atoms with E-state index in [9.17, 15) is 22.8 Å². The Morgan fingerprint density at radius 2 is 1.73 bits per heavy atom. The number of amides is 2. The van der Waals surface area contributed by atoms with Crippen LogP contribution in [0.15, 0.2) is 48.5 Å². The van der Waals surface area contributed by atoms with Gasteiger partial charge in [-0.3, -0.25) is 0 Å². The van der Waals surface area contributed by atoms with Crippen molar-refractivity contribution in [3.63, 3.8) is 0 Å². The average Bonchev–Trinajstić information content (AvgIpc) is 3.39. The molecular weight excluding hydrogens is 546 g/mol. The van der Waals surface area contributed by atoms with E-state index >= 15 is 0 Å². The van der Waals surface area contributed by atoms with Crippen LogP contribution < -0.4 is 10.6 Å². The Bertz CT molecular complexity index is 1340. The van der Waals surface area contributed by atoms with Crippen molar-refractivity contribution in [2.75, 3.05) is 31.5 Å². The second-order valence-electron chi connectivity index (χ2n) is 8.75. The van der Waals surface area contributed by atoms with E-state index in [1.807, 2.05) is 19.1 Å². The molecule has 1 aliphatic heterocycles. The third-order valence-corrected chi connectivity index (χ3v) is 8.52. The van der Waals surface area contributed by atoms with Crippen LogP contribution in [0.1, 0.15) is 44.2 Å². The topological polar surface area (TPSA) is 61.4 Å². The van der Waals surface area contributed by atoms with Gasteiger partial charge in [-0.2, -0.15) is 13.2 Å². The maximum absolute atomic E-state index is 12.9. The number of fused-ring (bicyclic) bond motifs is 1. The van der Waals surface area contributed by atoms with E-state index in [0.717, 1.165) is 46.2 Å². The number of rotatable bonds is 8. The van der Waals surface area contributed by atoms with Crippen LogP contribution in [0.4, 0.5) is 18.9 Å². The molecule has 0 fully saturated rings. The molecule has 194 valence electrons. The number of nitrogens with one attached hydrogen (secondary N) is 2. The first-order valence-corrected chi connectivity index (χ1v) is 13.8. The summed E-state index contributed by atoms with van der Waals surface area (Å²) in [6.45, 7) is 9.36. The monoisotopic (exact) mass is 575 g/mol. The number of anilines is 1. The van der Waals surface area contributed by atoms with Gasteiger partial charge >= 0.3 is 207 Å². The molecule has 2 heterocycles. The van der Waals surface area contributed by atoms with Crippen LogP contribution in [-0.2, 0) is 11.0 Å². The second kappa shape index (κ2) is 11.1. The van der Waals surface area contributed by atoms with Crippen LogP contribution in [0.3, 0.4) is 0 Å². The predicted molar refractivity (Wildman–Crippen MR) is 142 cm³/mol. The van der Waals surface area contributed by atoms with Crippen molar-refractivity contribution in [1.82, 2.24) is 10.2 Å². The van der Waals surface area contributed by atoms with Crippen LogP contribution in [0.5, 0.6) is 0 Å². The summed E-state index contributed by atoms with van der Waals surface area (Å²) in [5, 5.41) is 5.85. The molecule has 0 radical (unpaired) electrons. The Labute approximate surface area is 220 Å². The zero-order chi connectivity index (χ0) is 26.7. The summed E-state index contributed by atoms with van der Waals surface area (Å²) < 4.78 is 40.6. The van der Waals surface area contributed by atoms with Crippen molar-refractivity contribution < 1.29 is 22.8 Å². The number of carbonyl (C=O) groups is 2. The van der Waals surface area contributed by atoms with Gasteiger partial charge in [0.15, 0.2) is 0 Å². The molecule has 0 unspecified atom stereocenters. The van der Waals surface area contributed by atoms with Crippen LogP contribution in [0, 0.1) is 6.92 Å². The zero-order valence-electron chi connectivity index (χ0n) is 20.8. The molecule has 2 N–H and O–H groups in total. The molecule has 3 aromatic rings. The molecule has 0 atom stereocenters. The first-order chi connectivity index (χ1) is 17.6. The number of benzene rings is 2. The number of aryl methyl sites for hydroxylation is 1. The van der Waals surface area contributed by atoms with E-state index in [4.69, 9.17) is 0 Å². The standard InChI is InChI=1S/C28H28F3N3O2Se/c1-4-34(5-2)13-12-32-26(35)23-15-21(37-17(23)3)16-24-22-11-8-19(14-25(22)33-27(24)36)18-6-9-20(10-7-18)28(29,30)31/h6-11,14-16H,4-5,12-13H2,1-3H3,(H,32,35)(H,33,36)/b24-16-. The molecule has 1 aromatic heterocycles. The van der Waals surface area contributed by atoms with Gasteiger partial charge in [0.05, 0.1) is 0 Å². The fraction of sp³-hybridized carbons (Fsp3) is 0.286. The molecule has 5 nitrogen and oxygen atoms in total. The fourth-order valence-electron chi connectivity index (χ4n) is 4.28. The number of alkyl halides is 3. The van der Waals surface area contributed by atoms with Gasteiger partial charge in [-0.25, -0.2) is 0 Å². The summed E-state index contributed by atoms with van der Waals surface area (Å²) in [5.41, 5.74) is 3.13. The van der Waals surface area contributed by atoms with Crippen LogP contribution in [0.2, 0.25) is 0 Å². The van der Waals surface area contributed by atoms with Crippen molar-refractivity contribution in [2.45, 2.75) is 26.9 Å². The van der Waals surface area contributed by atoms with Crippen molar-refractivity contribution in [3.05, 3.63) is 74.1 Å². The van der Waals surface area contributed by atoms with E-state index in [-0.39, 0.29) is 26.3 Å². The third-order valence-electron chi connectivity index (χ3n) is 6.42. The molecule has 0 saturated heterocycles. The number of nitrogens with zero attached hydrogens (tertiary/aromatic N) is 1. The average molecular weight is 575 g/mol. The van der Waals surface area contributed by atoms with E-state index in [1.165, 1.54) is 12.1 Å². The van der Waals surface area contributed by atoms with E-state index in [0.29, 0.717) is 34.5 Å². The molecule has 0 aliphatic carbocycles. The van der Waals surface area contributed by atoms with E-state index in [2.05, 4.69) is 29.4 Å². The summed E-state index contributed by atoms with van der Waals surface area (Å²) in [6, 6.07) is 12.2. The van der Waals surface area contributed by atoms with E-state index < -0.39 is 11.7 Å².